The summed E-state index contributed by atoms with van der Waals surface area (Å²) in [5.74, 6) is 0. The van der Waals surface area contributed by atoms with Crippen LogP contribution in [-0.4, -0.2) is 9.97 Å². The third-order valence-corrected chi connectivity index (χ3v) is 5.63. The zero-order valence-electron chi connectivity index (χ0n) is 16.1. The third-order valence-electron chi connectivity index (χ3n) is 4.54. The van der Waals surface area contributed by atoms with Crippen molar-refractivity contribution in [1.82, 2.24) is 9.97 Å². The number of aromatic nitrogens is 2. The topological polar surface area (TPSA) is 37.8 Å². The summed E-state index contributed by atoms with van der Waals surface area (Å²) in [6, 6.07) is 23.2. The monoisotopic (exact) mass is 385 g/mol. The van der Waals surface area contributed by atoms with Crippen LogP contribution >= 0.6 is 11.8 Å². The van der Waals surface area contributed by atoms with Crippen LogP contribution in [0.1, 0.15) is 24.6 Å². The van der Waals surface area contributed by atoms with E-state index in [1.165, 1.54) is 15.4 Å². The van der Waals surface area contributed by atoms with Gasteiger partial charge in [-0.25, -0.2) is 9.97 Å². The van der Waals surface area contributed by atoms with Crippen molar-refractivity contribution in [3.63, 3.8) is 0 Å². The van der Waals surface area contributed by atoms with Gasteiger partial charge in [-0.15, -0.1) is 0 Å². The van der Waals surface area contributed by atoms with Gasteiger partial charge in [0.15, 0.2) is 5.65 Å². The van der Waals surface area contributed by atoms with Crippen LogP contribution in [0.2, 0.25) is 0 Å². The minimum Gasteiger partial charge on any atom is -0.354 e. The lowest BCUT2D eigenvalue weighted by Gasteiger charge is -2.14. The standard InChI is InChI=1S/C24H23N3S/c1-3-7-18-11-12-20-21(14-15-25-24(20)26-18)27-22-16-17(2)10-13-23(22)28-19-8-5-4-6-9-19/h4-6,8-16H,3,7H2,1-2H3,(H,25,26,27). The Morgan fingerprint density at radius 1 is 0.929 bits per heavy atom. The third kappa shape index (κ3) is 4.18. The molecular formula is C24H23N3S. The highest BCUT2D eigenvalue weighted by atomic mass is 32.2. The van der Waals surface area contributed by atoms with E-state index in [2.05, 4.69) is 78.7 Å². The molecule has 2 aromatic carbocycles. The van der Waals surface area contributed by atoms with Crippen molar-refractivity contribution in [2.45, 2.75) is 36.5 Å². The second kappa shape index (κ2) is 8.44. The fourth-order valence-electron chi connectivity index (χ4n) is 3.16. The van der Waals surface area contributed by atoms with Crippen LogP contribution in [-0.2, 0) is 6.42 Å². The van der Waals surface area contributed by atoms with Crippen LogP contribution in [0.3, 0.4) is 0 Å². The molecule has 0 amide bonds. The highest BCUT2D eigenvalue weighted by molar-refractivity contribution is 7.99. The Labute approximate surface area is 170 Å². The molecule has 4 heteroatoms. The quantitative estimate of drug-likeness (QED) is 0.397. The molecule has 0 fully saturated rings. The maximum Gasteiger partial charge on any atom is 0.161 e. The lowest BCUT2D eigenvalue weighted by Crippen LogP contribution is -1.97. The number of rotatable bonds is 6. The minimum atomic E-state index is 0.792. The van der Waals surface area contributed by atoms with Gasteiger partial charge in [-0.2, -0.15) is 0 Å². The van der Waals surface area contributed by atoms with Crippen molar-refractivity contribution >= 4 is 34.2 Å². The van der Waals surface area contributed by atoms with Crippen molar-refractivity contribution in [2.75, 3.05) is 5.32 Å². The Morgan fingerprint density at radius 2 is 1.79 bits per heavy atom. The SMILES string of the molecule is CCCc1ccc2c(Nc3cc(C)ccc3Sc3ccccc3)ccnc2n1. The van der Waals surface area contributed by atoms with Crippen LogP contribution in [0.4, 0.5) is 11.4 Å². The summed E-state index contributed by atoms with van der Waals surface area (Å²) in [7, 11) is 0. The van der Waals surface area contributed by atoms with Gasteiger partial charge >= 0.3 is 0 Å². The van der Waals surface area contributed by atoms with E-state index in [9.17, 15) is 0 Å². The van der Waals surface area contributed by atoms with Gasteiger partial charge in [0.05, 0.1) is 11.4 Å². The van der Waals surface area contributed by atoms with Crippen LogP contribution in [0, 0.1) is 6.92 Å². The second-order valence-corrected chi connectivity index (χ2v) is 7.94. The summed E-state index contributed by atoms with van der Waals surface area (Å²) in [6.45, 7) is 4.28. The number of nitrogens with one attached hydrogen (secondary N) is 1. The van der Waals surface area contributed by atoms with Gasteiger partial charge in [0.25, 0.3) is 0 Å². The molecule has 4 aromatic rings. The van der Waals surface area contributed by atoms with E-state index >= 15 is 0 Å². The Hall–Kier alpha value is -2.85. The molecule has 0 bridgehead atoms. The highest BCUT2D eigenvalue weighted by Gasteiger charge is 2.09. The fourth-order valence-corrected chi connectivity index (χ4v) is 4.07. The average molecular weight is 386 g/mol. The molecule has 28 heavy (non-hydrogen) atoms. The lowest BCUT2D eigenvalue weighted by atomic mass is 10.1. The van der Waals surface area contributed by atoms with E-state index in [1.807, 2.05) is 18.3 Å². The molecule has 4 rings (SSSR count). The lowest BCUT2D eigenvalue weighted by molar-refractivity contribution is 0.887. The number of hydrogen-bond acceptors (Lipinski definition) is 4. The Morgan fingerprint density at radius 3 is 2.61 bits per heavy atom. The van der Waals surface area contributed by atoms with Crippen molar-refractivity contribution in [3.05, 3.63) is 84.2 Å². The summed E-state index contributed by atoms with van der Waals surface area (Å²) in [5, 5.41) is 4.67. The maximum atomic E-state index is 4.72. The van der Waals surface area contributed by atoms with Crippen LogP contribution in [0.15, 0.2) is 82.7 Å². The van der Waals surface area contributed by atoms with Gasteiger partial charge in [-0.3, -0.25) is 0 Å². The van der Waals surface area contributed by atoms with Gasteiger partial charge in [-0.1, -0.05) is 49.4 Å². The normalized spacial score (nSPS) is 10.9. The van der Waals surface area contributed by atoms with Crippen LogP contribution < -0.4 is 5.32 Å². The molecule has 140 valence electrons. The summed E-state index contributed by atoms with van der Waals surface area (Å²) in [4.78, 5) is 11.6. The van der Waals surface area contributed by atoms with Gasteiger partial charge < -0.3 is 5.32 Å². The maximum absolute atomic E-state index is 4.72. The smallest absolute Gasteiger partial charge is 0.161 e. The van der Waals surface area contributed by atoms with Gasteiger partial charge in [-0.05, 0) is 61.4 Å². The van der Waals surface area contributed by atoms with Crippen molar-refractivity contribution in [1.29, 1.82) is 0 Å². The molecule has 3 nitrogen and oxygen atoms in total. The minimum absolute atomic E-state index is 0.792. The second-order valence-electron chi connectivity index (χ2n) is 6.82. The van der Waals surface area contributed by atoms with E-state index in [4.69, 9.17) is 4.98 Å². The average Bonchev–Trinajstić information content (AvgIpc) is 2.71. The molecule has 0 aliphatic rings. The van der Waals surface area contributed by atoms with E-state index in [0.29, 0.717) is 0 Å². The number of anilines is 2. The number of benzene rings is 2. The molecule has 0 saturated heterocycles. The zero-order valence-corrected chi connectivity index (χ0v) is 17.0. The number of hydrogen-bond donors (Lipinski definition) is 1. The number of pyridine rings is 2. The van der Waals surface area contributed by atoms with Crippen LogP contribution in [0.25, 0.3) is 11.0 Å². The summed E-state index contributed by atoms with van der Waals surface area (Å²) in [5.41, 5.74) is 5.23. The van der Waals surface area contributed by atoms with Crippen molar-refractivity contribution in [3.8, 4) is 0 Å². The molecule has 2 aromatic heterocycles. The predicted octanol–water partition coefficient (Wildman–Crippen LogP) is 6.79. The van der Waals surface area contributed by atoms with E-state index in [1.54, 1.807) is 11.8 Å². The molecule has 0 aliphatic heterocycles. The molecule has 0 aliphatic carbocycles. The first-order chi connectivity index (χ1) is 13.7. The van der Waals surface area contributed by atoms with Gasteiger partial charge in [0.1, 0.15) is 0 Å². The first kappa shape index (κ1) is 18.5. The summed E-state index contributed by atoms with van der Waals surface area (Å²) >= 11 is 1.76. The molecule has 2 heterocycles. The first-order valence-electron chi connectivity index (χ1n) is 9.58. The Bertz CT molecular complexity index is 1090. The zero-order chi connectivity index (χ0) is 19.3. The number of fused-ring (bicyclic) bond motifs is 1. The van der Waals surface area contributed by atoms with Gasteiger partial charge in [0.2, 0.25) is 0 Å². The molecule has 0 saturated carbocycles. The predicted molar refractivity (Wildman–Crippen MR) is 119 cm³/mol. The summed E-state index contributed by atoms with van der Waals surface area (Å²) < 4.78 is 0. The molecule has 1 N–H and O–H groups in total. The molecule has 0 spiro atoms. The van der Waals surface area contributed by atoms with E-state index in [0.717, 1.165) is 40.9 Å². The van der Waals surface area contributed by atoms with Crippen LogP contribution in [0.5, 0.6) is 0 Å². The molecule has 0 unspecified atom stereocenters. The molecule has 0 atom stereocenters. The summed E-state index contributed by atoms with van der Waals surface area (Å²) in [6.07, 6.45) is 3.89. The van der Waals surface area contributed by atoms with Gasteiger partial charge in [0, 0.05) is 27.1 Å². The van der Waals surface area contributed by atoms with Crippen molar-refractivity contribution < 1.29 is 0 Å². The Balaban J connectivity index is 1.70. The van der Waals surface area contributed by atoms with Crippen molar-refractivity contribution in [2.24, 2.45) is 0 Å². The number of aryl methyl sites for hydroxylation is 2. The van der Waals surface area contributed by atoms with E-state index in [-0.39, 0.29) is 0 Å². The first-order valence-corrected chi connectivity index (χ1v) is 10.4. The molecule has 0 radical (unpaired) electrons. The fraction of sp³-hybridized carbons (Fsp3) is 0.167. The Kier molecular flexibility index (Phi) is 5.58. The highest BCUT2D eigenvalue weighted by Crippen LogP contribution is 2.36. The number of nitrogens with zero attached hydrogens (tertiary/aromatic N) is 2. The molecular weight excluding hydrogens is 362 g/mol. The van der Waals surface area contributed by atoms with E-state index < -0.39 is 0 Å². The largest absolute Gasteiger partial charge is 0.354 e.